The Labute approximate surface area is 70.7 Å². The van der Waals surface area contributed by atoms with Crippen LogP contribution in [0.25, 0.3) is 0 Å². The van der Waals surface area contributed by atoms with E-state index in [0.717, 1.165) is 12.8 Å². The van der Waals surface area contributed by atoms with E-state index in [-0.39, 0.29) is 5.41 Å². The lowest BCUT2D eigenvalue weighted by molar-refractivity contribution is 0.302. The van der Waals surface area contributed by atoms with Gasteiger partial charge in [0.25, 0.3) is 0 Å². The molecule has 0 aromatic rings. The van der Waals surface area contributed by atoms with Crippen LogP contribution in [-0.2, 0) is 0 Å². The molecule has 0 radical (unpaired) electrons. The quantitative estimate of drug-likeness (QED) is 0.490. The zero-order valence-corrected chi connectivity index (χ0v) is 8.06. The Hall–Kier alpha value is -0.300. The second-order valence-corrected chi connectivity index (χ2v) is 4.19. The van der Waals surface area contributed by atoms with E-state index in [1.54, 1.807) is 0 Å². The van der Waals surface area contributed by atoms with Gasteiger partial charge in [-0.3, -0.25) is 0 Å². The first-order valence-corrected chi connectivity index (χ1v) is 4.35. The fourth-order valence-corrected chi connectivity index (χ4v) is 0.915. The van der Waals surface area contributed by atoms with Crippen LogP contribution in [0.4, 0.5) is 0 Å². The van der Waals surface area contributed by atoms with Gasteiger partial charge in [-0.1, -0.05) is 26.8 Å². The van der Waals surface area contributed by atoms with E-state index in [4.69, 9.17) is 5.73 Å². The van der Waals surface area contributed by atoms with Gasteiger partial charge < -0.3 is 5.73 Å². The fourth-order valence-electron chi connectivity index (χ4n) is 0.915. The van der Waals surface area contributed by atoms with Crippen molar-refractivity contribution in [2.45, 2.75) is 46.1 Å². The lowest BCUT2D eigenvalue weighted by atomic mass is 9.84. The van der Waals surface area contributed by atoms with Crippen LogP contribution in [0.5, 0.6) is 0 Å². The van der Waals surface area contributed by atoms with Crippen LogP contribution >= 0.6 is 0 Å². The summed E-state index contributed by atoms with van der Waals surface area (Å²) in [5, 5.41) is 0. The van der Waals surface area contributed by atoms with E-state index >= 15 is 0 Å². The van der Waals surface area contributed by atoms with Gasteiger partial charge in [0.15, 0.2) is 0 Å². The highest BCUT2D eigenvalue weighted by atomic mass is 14.7. The predicted octanol–water partition coefficient (Wildman–Crippen LogP) is 2.72. The molecule has 66 valence electrons. The predicted molar refractivity (Wildman–Crippen MR) is 51.5 cm³/mol. The first kappa shape index (κ1) is 10.7. The van der Waals surface area contributed by atoms with Crippen molar-refractivity contribution in [3.8, 4) is 0 Å². The first-order chi connectivity index (χ1) is 4.98. The van der Waals surface area contributed by atoms with Crippen LogP contribution in [0.3, 0.4) is 0 Å². The summed E-state index contributed by atoms with van der Waals surface area (Å²) in [6.45, 7) is 10.2. The van der Waals surface area contributed by atoms with E-state index in [9.17, 15) is 0 Å². The van der Waals surface area contributed by atoms with Crippen molar-refractivity contribution >= 4 is 0 Å². The van der Waals surface area contributed by atoms with Crippen LogP contribution < -0.4 is 5.73 Å². The minimum Gasteiger partial charge on any atom is -0.327 e. The molecule has 1 nitrogen and oxygen atoms in total. The molecule has 0 aliphatic rings. The van der Waals surface area contributed by atoms with Crippen LogP contribution in [0.1, 0.15) is 40.0 Å². The number of hydrogen-bond donors (Lipinski definition) is 1. The first-order valence-electron chi connectivity index (χ1n) is 4.35. The van der Waals surface area contributed by atoms with E-state index in [1.807, 2.05) is 6.08 Å². The summed E-state index contributed by atoms with van der Waals surface area (Å²) in [6.07, 6.45) is 5.32. The monoisotopic (exact) mass is 155 g/mol. The fraction of sp³-hybridized carbons (Fsp3) is 0.800. The molecule has 0 amide bonds. The lowest BCUT2D eigenvalue weighted by Gasteiger charge is -2.26. The second-order valence-electron chi connectivity index (χ2n) is 4.19. The Morgan fingerprint density at radius 3 is 2.36 bits per heavy atom. The van der Waals surface area contributed by atoms with Gasteiger partial charge in [0.2, 0.25) is 0 Å². The molecule has 11 heavy (non-hydrogen) atoms. The van der Waals surface area contributed by atoms with Crippen molar-refractivity contribution < 1.29 is 0 Å². The van der Waals surface area contributed by atoms with Crippen molar-refractivity contribution in [2.24, 2.45) is 11.1 Å². The highest BCUT2D eigenvalue weighted by molar-refractivity contribution is 4.78. The maximum Gasteiger partial charge on any atom is 0.00877 e. The van der Waals surface area contributed by atoms with E-state index < -0.39 is 0 Å². The average Bonchev–Trinajstić information content (AvgIpc) is 1.86. The summed E-state index contributed by atoms with van der Waals surface area (Å²) in [5.41, 5.74) is 6.21. The molecule has 0 unspecified atom stereocenters. The number of hydrogen-bond acceptors (Lipinski definition) is 1. The number of rotatable bonds is 4. The SMILES string of the molecule is C=CCCC[C@H](N)C(C)(C)C. The van der Waals surface area contributed by atoms with E-state index in [0.29, 0.717) is 6.04 Å². The summed E-state index contributed by atoms with van der Waals surface area (Å²) in [5.74, 6) is 0. The van der Waals surface area contributed by atoms with Crippen molar-refractivity contribution in [1.82, 2.24) is 0 Å². The molecule has 0 aromatic heterocycles. The average molecular weight is 155 g/mol. The van der Waals surface area contributed by atoms with Gasteiger partial charge >= 0.3 is 0 Å². The molecule has 0 aromatic carbocycles. The topological polar surface area (TPSA) is 26.0 Å². The molecule has 0 bridgehead atoms. The molecule has 0 spiro atoms. The minimum absolute atomic E-state index is 0.251. The van der Waals surface area contributed by atoms with Gasteiger partial charge in [-0.15, -0.1) is 6.58 Å². The Morgan fingerprint density at radius 1 is 1.45 bits per heavy atom. The van der Waals surface area contributed by atoms with Gasteiger partial charge in [-0.25, -0.2) is 0 Å². The van der Waals surface area contributed by atoms with Crippen molar-refractivity contribution in [3.05, 3.63) is 12.7 Å². The van der Waals surface area contributed by atoms with Gasteiger partial charge in [0.05, 0.1) is 0 Å². The molecule has 0 saturated heterocycles. The zero-order valence-electron chi connectivity index (χ0n) is 8.06. The highest BCUT2D eigenvalue weighted by Crippen LogP contribution is 2.21. The van der Waals surface area contributed by atoms with Crippen molar-refractivity contribution in [1.29, 1.82) is 0 Å². The Morgan fingerprint density at radius 2 is 2.00 bits per heavy atom. The van der Waals surface area contributed by atoms with E-state index in [1.165, 1.54) is 6.42 Å². The van der Waals surface area contributed by atoms with E-state index in [2.05, 4.69) is 27.4 Å². The highest BCUT2D eigenvalue weighted by Gasteiger charge is 2.19. The summed E-state index contributed by atoms with van der Waals surface area (Å²) >= 11 is 0. The standard InChI is InChI=1S/C10H21N/c1-5-6-7-8-9(11)10(2,3)4/h5,9H,1,6-8,11H2,2-4H3/t9-/m0/s1. The van der Waals surface area contributed by atoms with Crippen LogP contribution in [0.15, 0.2) is 12.7 Å². The Bertz CT molecular complexity index is 111. The molecule has 1 atom stereocenters. The maximum absolute atomic E-state index is 5.96. The molecule has 0 aliphatic carbocycles. The summed E-state index contributed by atoms with van der Waals surface area (Å²) in [7, 11) is 0. The molecular weight excluding hydrogens is 134 g/mol. The molecular formula is C10H21N. The van der Waals surface area contributed by atoms with Crippen molar-refractivity contribution in [3.63, 3.8) is 0 Å². The third kappa shape index (κ3) is 5.02. The smallest absolute Gasteiger partial charge is 0.00877 e. The maximum atomic E-state index is 5.96. The molecule has 0 fully saturated rings. The third-order valence-electron chi connectivity index (χ3n) is 2.04. The summed E-state index contributed by atoms with van der Waals surface area (Å²) in [6, 6.07) is 0.322. The van der Waals surface area contributed by atoms with Crippen molar-refractivity contribution in [2.75, 3.05) is 0 Å². The molecule has 0 aliphatic heterocycles. The molecule has 1 heteroatoms. The lowest BCUT2D eigenvalue weighted by Crippen LogP contribution is -2.34. The van der Waals surface area contributed by atoms with Crippen LogP contribution in [0.2, 0.25) is 0 Å². The van der Waals surface area contributed by atoms with Gasteiger partial charge in [-0.2, -0.15) is 0 Å². The minimum atomic E-state index is 0.251. The van der Waals surface area contributed by atoms with Gasteiger partial charge in [0.1, 0.15) is 0 Å². The Balaban J connectivity index is 3.52. The summed E-state index contributed by atoms with van der Waals surface area (Å²) < 4.78 is 0. The normalized spacial score (nSPS) is 14.5. The Kier molecular flexibility index (Phi) is 4.43. The summed E-state index contributed by atoms with van der Waals surface area (Å²) in [4.78, 5) is 0. The largest absolute Gasteiger partial charge is 0.327 e. The molecule has 0 rings (SSSR count). The van der Waals surface area contributed by atoms with Crippen LogP contribution in [-0.4, -0.2) is 6.04 Å². The number of unbranched alkanes of at least 4 members (excludes halogenated alkanes) is 1. The molecule has 0 saturated carbocycles. The molecule has 0 heterocycles. The number of allylic oxidation sites excluding steroid dienone is 1. The second kappa shape index (κ2) is 4.55. The van der Waals surface area contributed by atoms with Crippen LogP contribution in [0, 0.1) is 5.41 Å². The van der Waals surface area contributed by atoms with Gasteiger partial charge in [-0.05, 0) is 24.7 Å². The zero-order chi connectivity index (χ0) is 8.91. The third-order valence-corrected chi connectivity index (χ3v) is 2.04. The number of nitrogens with two attached hydrogens (primary N) is 1. The molecule has 2 N–H and O–H groups in total. The van der Waals surface area contributed by atoms with Gasteiger partial charge in [0, 0.05) is 6.04 Å².